The number of ketones is 1. The van der Waals surface area contributed by atoms with Crippen LogP contribution in [0.3, 0.4) is 0 Å². The number of anilines is 3. The Kier molecular flexibility index (Phi) is 6.15. The van der Waals surface area contributed by atoms with E-state index in [9.17, 15) is 18.3 Å². The predicted octanol–water partition coefficient (Wildman–Crippen LogP) is 3.13. The minimum atomic E-state index is -3.47. The third-order valence-corrected chi connectivity index (χ3v) is 9.15. The van der Waals surface area contributed by atoms with E-state index in [1.807, 2.05) is 6.07 Å². The fourth-order valence-corrected chi connectivity index (χ4v) is 6.10. The summed E-state index contributed by atoms with van der Waals surface area (Å²) in [5.74, 6) is 1.51. The summed E-state index contributed by atoms with van der Waals surface area (Å²) < 4.78 is 25.9. The molecule has 37 heavy (non-hydrogen) atoms. The van der Waals surface area contributed by atoms with E-state index in [-0.39, 0.29) is 29.1 Å². The number of aromatic nitrogens is 5. The lowest BCUT2D eigenvalue weighted by Crippen LogP contribution is -2.29. The molecule has 3 heterocycles. The molecule has 0 unspecified atom stereocenters. The third kappa shape index (κ3) is 5.21. The van der Waals surface area contributed by atoms with Crippen LogP contribution < -0.4 is 10.6 Å². The predicted molar refractivity (Wildman–Crippen MR) is 137 cm³/mol. The molecule has 6 rings (SSSR count). The van der Waals surface area contributed by atoms with E-state index in [0.717, 1.165) is 48.3 Å². The second-order valence-electron chi connectivity index (χ2n) is 10.1. The molecule has 3 aliphatic carbocycles. The number of nitrogens with zero attached hydrogens (tertiary/aromatic N) is 5. The highest BCUT2D eigenvalue weighted by Crippen LogP contribution is 2.36. The standard InChI is InChI=1S/C25H29N7O4S/c33-18-5-3-17(4-6-18)29-21-11-23(27-13-20(21)24(34)15-1-2-15)30-22-9-10-26-25(31-22)16-12-28-32(14-16)37(35,36)19-7-8-19/h9-15,17-19,33H,1-8H2,(H2,26,27,29,30,31). The minimum absolute atomic E-state index is 0.0726. The van der Waals surface area contributed by atoms with Crippen LogP contribution in [0.4, 0.5) is 17.3 Å². The second-order valence-corrected chi connectivity index (χ2v) is 12.2. The summed E-state index contributed by atoms with van der Waals surface area (Å²) in [5.41, 5.74) is 1.82. The van der Waals surface area contributed by atoms with Crippen LogP contribution in [0.5, 0.6) is 0 Å². The topological polar surface area (TPSA) is 152 Å². The van der Waals surface area contributed by atoms with Crippen molar-refractivity contribution in [1.82, 2.24) is 24.1 Å². The molecule has 0 spiro atoms. The maximum absolute atomic E-state index is 12.9. The molecule has 0 aromatic carbocycles. The van der Waals surface area contributed by atoms with Crippen molar-refractivity contribution in [2.45, 2.75) is 68.8 Å². The number of Topliss-reactive ketones (excluding diaryl/α,β-unsaturated/α-hetero) is 1. The van der Waals surface area contributed by atoms with Gasteiger partial charge in [-0.2, -0.15) is 9.19 Å². The van der Waals surface area contributed by atoms with E-state index in [2.05, 4.69) is 30.7 Å². The Bertz CT molecular complexity index is 1420. The molecular weight excluding hydrogens is 494 g/mol. The zero-order chi connectivity index (χ0) is 25.6. The van der Waals surface area contributed by atoms with Gasteiger partial charge in [-0.25, -0.2) is 23.4 Å². The van der Waals surface area contributed by atoms with Gasteiger partial charge in [0.2, 0.25) is 0 Å². The number of nitrogens with one attached hydrogen (secondary N) is 2. The molecule has 0 saturated heterocycles. The fourth-order valence-electron chi connectivity index (χ4n) is 4.62. The molecule has 0 aliphatic heterocycles. The number of carbonyl (C=O) groups excluding carboxylic acids is 1. The van der Waals surface area contributed by atoms with Crippen LogP contribution in [0.1, 0.15) is 61.7 Å². The number of pyridine rings is 1. The number of hydrogen-bond donors (Lipinski definition) is 3. The summed E-state index contributed by atoms with van der Waals surface area (Å²) in [7, 11) is -3.47. The van der Waals surface area contributed by atoms with Crippen molar-refractivity contribution in [3.63, 3.8) is 0 Å². The van der Waals surface area contributed by atoms with Crippen LogP contribution in [0.25, 0.3) is 11.4 Å². The molecule has 0 atom stereocenters. The molecule has 194 valence electrons. The maximum atomic E-state index is 12.9. The molecule has 3 saturated carbocycles. The fraction of sp³-hybridized carbons (Fsp3) is 0.480. The Hall–Kier alpha value is -3.38. The van der Waals surface area contributed by atoms with Crippen LogP contribution >= 0.6 is 0 Å². The zero-order valence-electron chi connectivity index (χ0n) is 20.2. The molecule has 3 N–H and O–H groups in total. The monoisotopic (exact) mass is 523 g/mol. The Morgan fingerprint density at radius 1 is 1.00 bits per heavy atom. The first-order valence-corrected chi connectivity index (χ1v) is 14.3. The van der Waals surface area contributed by atoms with Crippen LogP contribution in [0.15, 0.2) is 36.9 Å². The third-order valence-electron chi connectivity index (χ3n) is 7.11. The second kappa shape index (κ2) is 9.49. The van der Waals surface area contributed by atoms with Gasteiger partial charge in [-0.1, -0.05) is 0 Å². The molecule has 0 bridgehead atoms. The molecular formula is C25H29N7O4S. The lowest BCUT2D eigenvalue weighted by Gasteiger charge is -2.28. The van der Waals surface area contributed by atoms with Gasteiger partial charge in [0.05, 0.1) is 40.6 Å². The Morgan fingerprint density at radius 3 is 2.51 bits per heavy atom. The first-order valence-electron chi connectivity index (χ1n) is 12.7. The number of rotatable bonds is 9. The molecule has 12 heteroatoms. The lowest BCUT2D eigenvalue weighted by atomic mass is 9.92. The molecule has 3 aromatic heterocycles. The van der Waals surface area contributed by atoms with Crippen molar-refractivity contribution in [3.8, 4) is 11.4 Å². The van der Waals surface area contributed by atoms with Gasteiger partial charge in [0.25, 0.3) is 10.0 Å². The summed E-state index contributed by atoms with van der Waals surface area (Å²) in [5, 5.41) is 20.2. The largest absolute Gasteiger partial charge is 0.393 e. The highest BCUT2D eigenvalue weighted by molar-refractivity contribution is 7.90. The van der Waals surface area contributed by atoms with E-state index < -0.39 is 10.0 Å². The molecule has 11 nitrogen and oxygen atoms in total. The number of aliphatic hydroxyl groups is 1. The van der Waals surface area contributed by atoms with E-state index >= 15 is 0 Å². The summed E-state index contributed by atoms with van der Waals surface area (Å²) in [6.45, 7) is 0. The van der Waals surface area contributed by atoms with Gasteiger partial charge >= 0.3 is 0 Å². The average molecular weight is 524 g/mol. The summed E-state index contributed by atoms with van der Waals surface area (Å²) in [6, 6.07) is 3.69. The Morgan fingerprint density at radius 2 is 1.78 bits per heavy atom. The van der Waals surface area contributed by atoms with Gasteiger partial charge in [0.1, 0.15) is 11.6 Å². The van der Waals surface area contributed by atoms with E-state index in [4.69, 9.17) is 0 Å². The van der Waals surface area contributed by atoms with Gasteiger partial charge in [0.15, 0.2) is 11.6 Å². The van der Waals surface area contributed by atoms with Crippen molar-refractivity contribution in [2.75, 3.05) is 10.6 Å². The van der Waals surface area contributed by atoms with Crippen LogP contribution in [-0.4, -0.2) is 60.8 Å². The summed E-state index contributed by atoms with van der Waals surface area (Å²) in [6.07, 6.45) is 12.1. The van der Waals surface area contributed by atoms with Crippen molar-refractivity contribution >= 4 is 33.1 Å². The quantitative estimate of drug-likeness (QED) is 0.357. The van der Waals surface area contributed by atoms with Crippen molar-refractivity contribution in [1.29, 1.82) is 0 Å². The van der Waals surface area contributed by atoms with Crippen LogP contribution in [0.2, 0.25) is 0 Å². The van der Waals surface area contributed by atoms with Crippen LogP contribution in [0, 0.1) is 5.92 Å². The van der Waals surface area contributed by atoms with E-state index in [1.165, 1.54) is 12.4 Å². The summed E-state index contributed by atoms with van der Waals surface area (Å²) in [4.78, 5) is 26.2. The molecule has 3 aliphatic rings. The maximum Gasteiger partial charge on any atom is 0.256 e. The van der Waals surface area contributed by atoms with E-state index in [1.54, 1.807) is 18.5 Å². The van der Waals surface area contributed by atoms with Gasteiger partial charge in [-0.15, -0.1) is 0 Å². The molecule has 3 aromatic rings. The first-order chi connectivity index (χ1) is 17.9. The van der Waals surface area contributed by atoms with Crippen molar-refractivity contribution < 1.29 is 18.3 Å². The highest BCUT2D eigenvalue weighted by Gasteiger charge is 2.38. The minimum Gasteiger partial charge on any atom is -0.393 e. The van der Waals surface area contributed by atoms with Crippen molar-refractivity contribution in [3.05, 3.63) is 42.5 Å². The SMILES string of the molecule is O=C(c1cnc(Nc2ccnc(-c3cnn(S(=O)(=O)C4CC4)c3)n2)cc1NC1CCC(O)CC1)C1CC1. The molecule has 3 fully saturated rings. The van der Waals surface area contributed by atoms with Gasteiger partial charge < -0.3 is 15.7 Å². The average Bonchev–Trinajstić information content (AvgIpc) is 3.83. The summed E-state index contributed by atoms with van der Waals surface area (Å²) >= 11 is 0. The Balaban J connectivity index is 1.23. The first kappa shape index (κ1) is 24.0. The highest BCUT2D eigenvalue weighted by atomic mass is 32.2. The molecule has 0 radical (unpaired) electrons. The number of carbonyl (C=O) groups is 1. The van der Waals surface area contributed by atoms with Gasteiger partial charge in [-0.05, 0) is 57.4 Å². The lowest BCUT2D eigenvalue weighted by molar-refractivity contribution is 0.0967. The smallest absolute Gasteiger partial charge is 0.256 e. The number of hydrogen-bond acceptors (Lipinski definition) is 10. The zero-order valence-corrected chi connectivity index (χ0v) is 21.1. The molecule has 0 amide bonds. The van der Waals surface area contributed by atoms with Gasteiger partial charge in [-0.3, -0.25) is 4.79 Å². The van der Waals surface area contributed by atoms with Gasteiger partial charge in [0, 0.05) is 30.4 Å². The Labute approximate surface area is 214 Å². The normalized spacial score (nSPS) is 22.0. The van der Waals surface area contributed by atoms with Crippen LogP contribution in [-0.2, 0) is 10.0 Å². The van der Waals surface area contributed by atoms with Crippen molar-refractivity contribution in [2.24, 2.45) is 5.92 Å². The number of aliphatic hydroxyl groups excluding tert-OH is 1. The van der Waals surface area contributed by atoms with E-state index in [0.29, 0.717) is 41.4 Å².